The Kier molecular flexibility index (Phi) is 4.87. The van der Waals surface area contributed by atoms with E-state index in [4.69, 9.17) is 14.4 Å². The van der Waals surface area contributed by atoms with Crippen LogP contribution in [0.2, 0.25) is 0 Å². The molecule has 204 valence electrons. The second kappa shape index (κ2) is 8.96. The summed E-state index contributed by atoms with van der Waals surface area (Å²) >= 11 is 1.86. The van der Waals surface area contributed by atoms with Crippen molar-refractivity contribution in [2.24, 2.45) is 0 Å². The maximum atomic E-state index is 6.68. The van der Waals surface area contributed by atoms with Crippen LogP contribution in [-0.2, 0) is 0 Å². The van der Waals surface area contributed by atoms with Gasteiger partial charge in [0.1, 0.15) is 16.8 Å². The van der Waals surface area contributed by atoms with Gasteiger partial charge in [0, 0.05) is 42.1 Å². The molecule has 0 saturated carbocycles. The molecule has 0 aliphatic rings. The number of aromatic nitrogens is 2. The number of benzene rings is 7. The number of hydrogen-bond donors (Lipinski definition) is 0. The number of fused-ring (bicyclic) bond motifs is 6. The van der Waals surface area contributed by atoms with Crippen molar-refractivity contribution in [3.8, 4) is 33.8 Å². The summed E-state index contributed by atoms with van der Waals surface area (Å²) < 4.78 is 9.27. The van der Waals surface area contributed by atoms with Crippen LogP contribution in [0.5, 0.6) is 0 Å². The van der Waals surface area contributed by atoms with E-state index in [-0.39, 0.29) is 0 Å². The molecule has 10 rings (SSSR count). The van der Waals surface area contributed by atoms with Crippen molar-refractivity contribution in [3.05, 3.63) is 133 Å². The monoisotopic (exact) mass is 578 g/mol. The number of nitrogens with zero attached hydrogens (tertiary/aromatic N) is 2. The molecule has 4 heteroatoms. The molecule has 0 bridgehead atoms. The Hall–Kier alpha value is -5.58. The Bertz CT molecular complexity index is 2710. The van der Waals surface area contributed by atoms with E-state index in [1.807, 2.05) is 35.6 Å². The van der Waals surface area contributed by atoms with Crippen molar-refractivity contribution in [2.75, 3.05) is 0 Å². The Morgan fingerprint density at radius 3 is 2.02 bits per heavy atom. The average molecular weight is 579 g/mol. The third kappa shape index (κ3) is 3.31. The van der Waals surface area contributed by atoms with Crippen molar-refractivity contribution in [2.45, 2.75) is 0 Å². The highest BCUT2D eigenvalue weighted by Crippen LogP contribution is 2.49. The minimum Gasteiger partial charge on any atom is -0.452 e. The Morgan fingerprint density at radius 1 is 0.477 bits per heavy atom. The van der Waals surface area contributed by atoms with E-state index in [9.17, 15) is 0 Å². The SMILES string of the molecule is c1ccc(-c2ccc3oc4c(-c5ccc6sc7cccc8c9ccccc9c5c6c78)nc(-c5ccccc5)nc4c3c2)cc1. The third-order valence-corrected chi connectivity index (χ3v) is 9.98. The van der Waals surface area contributed by atoms with Crippen LogP contribution in [0.25, 0.3) is 97.6 Å². The normalized spacial score (nSPS) is 12.1. The van der Waals surface area contributed by atoms with Crippen LogP contribution in [0.3, 0.4) is 0 Å². The van der Waals surface area contributed by atoms with Gasteiger partial charge < -0.3 is 4.42 Å². The quantitative estimate of drug-likeness (QED) is 0.196. The first kappa shape index (κ1) is 23.9. The highest BCUT2D eigenvalue weighted by atomic mass is 32.1. The third-order valence-electron chi connectivity index (χ3n) is 8.86. The molecule has 0 amide bonds. The Balaban J connectivity index is 1.37. The molecule has 0 N–H and O–H groups in total. The zero-order chi connectivity index (χ0) is 28.8. The predicted octanol–water partition coefficient (Wildman–Crippen LogP) is 11.5. The predicted molar refractivity (Wildman–Crippen MR) is 185 cm³/mol. The smallest absolute Gasteiger partial charge is 0.180 e. The van der Waals surface area contributed by atoms with Crippen LogP contribution >= 0.6 is 11.3 Å². The fourth-order valence-electron chi connectivity index (χ4n) is 6.90. The van der Waals surface area contributed by atoms with E-state index >= 15 is 0 Å². The molecule has 0 aliphatic carbocycles. The van der Waals surface area contributed by atoms with Crippen LogP contribution in [-0.4, -0.2) is 9.97 Å². The standard InChI is InChI=1S/C40H22N2OS/c1-3-10-23(11-4-1)25-18-20-31-30(22-25)38-39(43-31)37(41-40(42-38)24-12-5-2-6-13-24)29-19-21-33-36-34(29)27-15-8-7-14-26(27)28-16-9-17-32(44-33)35(28)36/h1-22H. The summed E-state index contributed by atoms with van der Waals surface area (Å²) in [5.74, 6) is 0.688. The number of rotatable bonds is 3. The highest BCUT2D eigenvalue weighted by molar-refractivity contribution is 7.26. The molecule has 10 aromatic rings. The molecular weight excluding hydrogens is 557 g/mol. The van der Waals surface area contributed by atoms with E-state index in [1.165, 1.54) is 41.7 Å². The van der Waals surface area contributed by atoms with Crippen molar-refractivity contribution < 1.29 is 4.42 Å². The molecule has 3 nitrogen and oxygen atoms in total. The molecule has 0 radical (unpaired) electrons. The van der Waals surface area contributed by atoms with Gasteiger partial charge in [-0.25, -0.2) is 9.97 Å². The Morgan fingerprint density at radius 2 is 1.18 bits per heavy atom. The lowest BCUT2D eigenvalue weighted by atomic mass is 9.90. The maximum absolute atomic E-state index is 6.68. The van der Waals surface area contributed by atoms with Gasteiger partial charge in [0.15, 0.2) is 11.4 Å². The van der Waals surface area contributed by atoms with Gasteiger partial charge in [0.05, 0.1) is 0 Å². The zero-order valence-electron chi connectivity index (χ0n) is 23.4. The van der Waals surface area contributed by atoms with E-state index in [0.29, 0.717) is 11.4 Å². The second-order valence-corrected chi connectivity index (χ2v) is 12.4. The minimum absolute atomic E-state index is 0.688. The molecule has 7 aromatic carbocycles. The van der Waals surface area contributed by atoms with Gasteiger partial charge in [0.25, 0.3) is 0 Å². The molecule has 0 spiro atoms. The molecule has 0 atom stereocenters. The van der Waals surface area contributed by atoms with Crippen LogP contribution < -0.4 is 0 Å². The highest BCUT2D eigenvalue weighted by Gasteiger charge is 2.24. The summed E-state index contributed by atoms with van der Waals surface area (Å²) in [6.45, 7) is 0. The number of thiophene rings is 1. The zero-order valence-corrected chi connectivity index (χ0v) is 24.2. The second-order valence-electron chi connectivity index (χ2n) is 11.3. The summed E-state index contributed by atoms with van der Waals surface area (Å²) in [6, 6.07) is 47.0. The lowest BCUT2D eigenvalue weighted by Crippen LogP contribution is -1.95. The van der Waals surface area contributed by atoms with Gasteiger partial charge in [0.2, 0.25) is 0 Å². The van der Waals surface area contributed by atoms with Crippen LogP contribution in [0.4, 0.5) is 0 Å². The first-order valence-electron chi connectivity index (χ1n) is 14.8. The topological polar surface area (TPSA) is 38.9 Å². The van der Waals surface area contributed by atoms with Crippen molar-refractivity contribution in [1.82, 2.24) is 9.97 Å². The molecule has 3 aromatic heterocycles. The number of hydrogen-bond acceptors (Lipinski definition) is 4. The summed E-state index contributed by atoms with van der Waals surface area (Å²) in [5.41, 5.74) is 7.49. The molecule has 3 heterocycles. The summed E-state index contributed by atoms with van der Waals surface area (Å²) in [6.07, 6.45) is 0. The first-order chi connectivity index (χ1) is 21.8. The largest absolute Gasteiger partial charge is 0.452 e. The fraction of sp³-hybridized carbons (Fsp3) is 0. The van der Waals surface area contributed by atoms with Crippen molar-refractivity contribution in [3.63, 3.8) is 0 Å². The van der Waals surface area contributed by atoms with Crippen LogP contribution in [0.1, 0.15) is 0 Å². The van der Waals surface area contributed by atoms with Crippen molar-refractivity contribution >= 4 is 75.1 Å². The van der Waals surface area contributed by atoms with Gasteiger partial charge in [-0.2, -0.15) is 0 Å². The maximum Gasteiger partial charge on any atom is 0.180 e. The lowest BCUT2D eigenvalue weighted by molar-refractivity contribution is 0.667. The summed E-state index contributed by atoms with van der Waals surface area (Å²) in [5, 5.41) is 8.60. The van der Waals surface area contributed by atoms with Gasteiger partial charge in [-0.05, 0) is 51.6 Å². The minimum atomic E-state index is 0.688. The molecular formula is C40H22N2OS. The van der Waals surface area contributed by atoms with Gasteiger partial charge in [-0.15, -0.1) is 11.3 Å². The van der Waals surface area contributed by atoms with E-state index in [2.05, 4.69) is 109 Å². The number of furan rings is 1. The molecule has 0 aliphatic heterocycles. The van der Waals surface area contributed by atoms with Crippen LogP contribution in [0.15, 0.2) is 138 Å². The molecule has 0 fully saturated rings. The van der Waals surface area contributed by atoms with Crippen LogP contribution in [0, 0.1) is 0 Å². The van der Waals surface area contributed by atoms with E-state index < -0.39 is 0 Å². The van der Waals surface area contributed by atoms with Crippen molar-refractivity contribution in [1.29, 1.82) is 0 Å². The van der Waals surface area contributed by atoms with E-state index in [1.54, 1.807) is 0 Å². The fourth-order valence-corrected chi connectivity index (χ4v) is 8.04. The lowest BCUT2D eigenvalue weighted by Gasteiger charge is -2.14. The van der Waals surface area contributed by atoms with Gasteiger partial charge >= 0.3 is 0 Å². The Labute approximate surface area is 256 Å². The summed E-state index contributed by atoms with van der Waals surface area (Å²) in [4.78, 5) is 10.5. The molecule has 44 heavy (non-hydrogen) atoms. The molecule has 0 unspecified atom stereocenters. The summed E-state index contributed by atoms with van der Waals surface area (Å²) in [7, 11) is 0. The van der Waals surface area contributed by atoms with Gasteiger partial charge in [-0.1, -0.05) is 109 Å². The molecule has 0 saturated heterocycles. The van der Waals surface area contributed by atoms with Gasteiger partial charge in [-0.3, -0.25) is 0 Å². The average Bonchev–Trinajstić information content (AvgIpc) is 3.66. The first-order valence-corrected chi connectivity index (χ1v) is 15.6. The van der Waals surface area contributed by atoms with E-state index in [0.717, 1.165) is 44.4 Å².